The number of nitrogens with zero attached hydrogens (tertiary/aromatic N) is 2. The quantitative estimate of drug-likeness (QED) is 0.821. The Morgan fingerprint density at radius 2 is 2.05 bits per heavy atom. The Morgan fingerprint density at radius 1 is 1.32 bits per heavy atom. The molecule has 0 bridgehead atoms. The number of rotatable bonds is 1. The lowest BCUT2D eigenvalue weighted by atomic mass is 10.1. The van der Waals surface area contributed by atoms with Gasteiger partial charge < -0.3 is 14.9 Å². The number of hydrogen-bond donors (Lipinski definition) is 1. The number of amides is 2. The van der Waals surface area contributed by atoms with Gasteiger partial charge in [0.15, 0.2) is 0 Å². The van der Waals surface area contributed by atoms with Gasteiger partial charge in [0, 0.05) is 20.1 Å². The van der Waals surface area contributed by atoms with Crippen LogP contribution in [0.25, 0.3) is 0 Å². The fourth-order valence-corrected chi connectivity index (χ4v) is 2.16. The van der Waals surface area contributed by atoms with Crippen molar-refractivity contribution in [2.24, 2.45) is 0 Å². The van der Waals surface area contributed by atoms with E-state index in [0.29, 0.717) is 18.7 Å². The highest BCUT2D eigenvalue weighted by Gasteiger charge is 2.25. The van der Waals surface area contributed by atoms with E-state index in [4.69, 9.17) is 0 Å². The fraction of sp³-hybridized carbons (Fsp3) is 0.429. The molecule has 0 aromatic heterocycles. The minimum absolute atomic E-state index is 0.00227. The molecular formula is C14H18N2O3. The second-order valence-corrected chi connectivity index (χ2v) is 4.87. The maximum absolute atomic E-state index is 12.4. The van der Waals surface area contributed by atoms with Crippen molar-refractivity contribution >= 4 is 11.8 Å². The van der Waals surface area contributed by atoms with E-state index in [-0.39, 0.29) is 29.7 Å². The SMILES string of the molecule is Cc1cccc(C(=O)N2CCCN(C)C(=O)C2)c1O. The Labute approximate surface area is 112 Å². The molecule has 0 unspecified atom stereocenters. The molecule has 0 radical (unpaired) electrons. The summed E-state index contributed by atoms with van der Waals surface area (Å²) in [6.07, 6.45) is 0.751. The van der Waals surface area contributed by atoms with E-state index in [1.807, 2.05) is 0 Å². The van der Waals surface area contributed by atoms with Crippen molar-refractivity contribution in [1.82, 2.24) is 9.80 Å². The molecule has 1 aliphatic rings. The van der Waals surface area contributed by atoms with Crippen LogP contribution in [0.3, 0.4) is 0 Å². The van der Waals surface area contributed by atoms with Crippen molar-refractivity contribution < 1.29 is 14.7 Å². The molecule has 102 valence electrons. The van der Waals surface area contributed by atoms with E-state index >= 15 is 0 Å². The molecule has 1 N–H and O–H groups in total. The third-order valence-corrected chi connectivity index (χ3v) is 3.43. The van der Waals surface area contributed by atoms with E-state index in [2.05, 4.69) is 0 Å². The standard InChI is InChI=1S/C14H18N2O3/c1-10-5-3-6-11(13(10)18)14(19)16-8-4-7-15(2)12(17)9-16/h3,5-6,18H,4,7-9H2,1-2H3. The first-order valence-electron chi connectivity index (χ1n) is 6.32. The van der Waals surface area contributed by atoms with Gasteiger partial charge in [0.2, 0.25) is 5.91 Å². The lowest BCUT2D eigenvalue weighted by Crippen LogP contribution is -2.38. The van der Waals surface area contributed by atoms with E-state index in [9.17, 15) is 14.7 Å². The van der Waals surface area contributed by atoms with E-state index in [1.165, 1.54) is 4.90 Å². The van der Waals surface area contributed by atoms with Crippen LogP contribution in [0, 0.1) is 6.92 Å². The van der Waals surface area contributed by atoms with Gasteiger partial charge in [-0.25, -0.2) is 0 Å². The third kappa shape index (κ3) is 2.70. The van der Waals surface area contributed by atoms with Gasteiger partial charge in [-0.2, -0.15) is 0 Å². The number of likely N-dealkylation sites (N-methyl/N-ethyl adjacent to an activating group) is 1. The van der Waals surface area contributed by atoms with Crippen LogP contribution < -0.4 is 0 Å². The van der Waals surface area contributed by atoms with Crippen LogP contribution >= 0.6 is 0 Å². The lowest BCUT2D eigenvalue weighted by Gasteiger charge is -2.20. The molecule has 0 aliphatic carbocycles. The predicted molar refractivity (Wildman–Crippen MR) is 71.0 cm³/mol. The summed E-state index contributed by atoms with van der Waals surface area (Å²) in [6.45, 7) is 3.00. The number of hydrogen-bond acceptors (Lipinski definition) is 3. The largest absolute Gasteiger partial charge is 0.507 e. The van der Waals surface area contributed by atoms with Crippen LogP contribution in [-0.4, -0.2) is 53.4 Å². The average molecular weight is 262 g/mol. The van der Waals surface area contributed by atoms with E-state index < -0.39 is 0 Å². The monoisotopic (exact) mass is 262 g/mol. The highest BCUT2D eigenvalue weighted by molar-refractivity contribution is 5.99. The molecule has 19 heavy (non-hydrogen) atoms. The van der Waals surface area contributed by atoms with Gasteiger partial charge in [-0.05, 0) is 25.0 Å². The Kier molecular flexibility index (Phi) is 3.74. The molecule has 1 aliphatic heterocycles. The lowest BCUT2D eigenvalue weighted by molar-refractivity contribution is -0.129. The van der Waals surface area contributed by atoms with Crippen LogP contribution in [0.1, 0.15) is 22.3 Å². The molecule has 2 amide bonds. The van der Waals surface area contributed by atoms with Crippen molar-refractivity contribution in [2.75, 3.05) is 26.7 Å². The molecular weight excluding hydrogens is 244 g/mol. The second kappa shape index (κ2) is 5.30. The maximum Gasteiger partial charge on any atom is 0.258 e. The van der Waals surface area contributed by atoms with Crippen molar-refractivity contribution in [2.45, 2.75) is 13.3 Å². The summed E-state index contributed by atoms with van der Waals surface area (Å²) in [7, 11) is 1.74. The van der Waals surface area contributed by atoms with Gasteiger partial charge in [0.25, 0.3) is 5.91 Å². The first-order valence-corrected chi connectivity index (χ1v) is 6.32. The van der Waals surface area contributed by atoms with E-state index in [1.54, 1.807) is 37.1 Å². The molecule has 1 heterocycles. The number of carbonyl (C=O) groups excluding carboxylic acids is 2. The van der Waals surface area contributed by atoms with Crippen molar-refractivity contribution in [3.63, 3.8) is 0 Å². The Bertz CT molecular complexity index is 513. The van der Waals surface area contributed by atoms with Crippen LogP contribution in [0.2, 0.25) is 0 Å². The molecule has 1 aromatic carbocycles. The van der Waals surface area contributed by atoms with Crippen LogP contribution in [0.15, 0.2) is 18.2 Å². The minimum atomic E-state index is -0.287. The van der Waals surface area contributed by atoms with Crippen LogP contribution in [0.4, 0.5) is 0 Å². The number of para-hydroxylation sites is 1. The summed E-state index contributed by atoms with van der Waals surface area (Å²) in [5, 5.41) is 9.94. The summed E-state index contributed by atoms with van der Waals surface area (Å²) < 4.78 is 0. The topological polar surface area (TPSA) is 60.9 Å². The number of aryl methyl sites for hydroxylation is 1. The molecule has 0 spiro atoms. The van der Waals surface area contributed by atoms with Gasteiger partial charge in [-0.3, -0.25) is 9.59 Å². The van der Waals surface area contributed by atoms with Gasteiger partial charge in [-0.15, -0.1) is 0 Å². The number of phenolic OH excluding ortho intramolecular Hbond substituents is 1. The summed E-state index contributed by atoms with van der Waals surface area (Å²) in [4.78, 5) is 27.3. The normalized spacial score (nSPS) is 16.4. The van der Waals surface area contributed by atoms with Gasteiger partial charge >= 0.3 is 0 Å². The Hall–Kier alpha value is -2.04. The van der Waals surface area contributed by atoms with Crippen molar-refractivity contribution in [3.05, 3.63) is 29.3 Å². The summed E-state index contributed by atoms with van der Waals surface area (Å²) in [5.41, 5.74) is 0.918. The fourth-order valence-electron chi connectivity index (χ4n) is 2.16. The highest BCUT2D eigenvalue weighted by Crippen LogP contribution is 2.23. The summed E-state index contributed by atoms with van der Waals surface area (Å²) >= 11 is 0. The Morgan fingerprint density at radius 3 is 2.79 bits per heavy atom. The zero-order valence-electron chi connectivity index (χ0n) is 11.2. The highest BCUT2D eigenvalue weighted by atomic mass is 16.3. The Balaban J connectivity index is 2.24. The van der Waals surface area contributed by atoms with Crippen LogP contribution in [-0.2, 0) is 4.79 Å². The summed E-state index contributed by atoms with van der Waals surface area (Å²) in [6, 6.07) is 5.06. The second-order valence-electron chi connectivity index (χ2n) is 4.87. The number of aromatic hydroxyl groups is 1. The van der Waals surface area contributed by atoms with Crippen molar-refractivity contribution in [1.29, 1.82) is 0 Å². The zero-order valence-corrected chi connectivity index (χ0v) is 11.2. The molecule has 0 saturated carbocycles. The van der Waals surface area contributed by atoms with Gasteiger partial charge in [0.1, 0.15) is 12.3 Å². The molecule has 2 rings (SSSR count). The zero-order chi connectivity index (χ0) is 14.0. The van der Waals surface area contributed by atoms with E-state index in [0.717, 1.165) is 6.42 Å². The van der Waals surface area contributed by atoms with Crippen LogP contribution in [0.5, 0.6) is 5.75 Å². The average Bonchev–Trinajstić information content (AvgIpc) is 2.55. The molecule has 5 nitrogen and oxygen atoms in total. The molecule has 5 heteroatoms. The molecule has 0 atom stereocenters. The third-order valence-electron chi connectivity index (χ3n) is 3.43. The number of phenols is 1. The predicted octanol–water partition coefficient (Wildman–Crippen LogP) is 1.00. The smallest absolute Gasteiger partial charge is 0.258 e. The van der Waals surface area contributed by atoms with Crippen molar-refractivity contribution in [3.8, 4) is 5.75 Å². The molecule has 1 fully saturated rings. The van der Waals surface area contributed by atoms with Gasteiger partial charge in [-0.1, -0.05) is 12.1 Å². The number of benzene rings is 1. The first kappa shape index (κ1) is 13.4. The molecule has 1 aromatic rings. The maximum atomic E-state index is 12.4. The summed E-state index contributed by atoms with van der Waals surface area (Å²) in [5.74, 6) is -0.361. The minimum Gasteiger partial charge on any atom is -0.507 e. The number of carbonyl (C=O) groups is 2. The van der Waals surface area contributed by atoms with Gasteiger partial charge in [0.05, 0.1) is 5.56 Å². The first-order chi connectivity index (χ1) is 9.00. The molecule has 1 saturated heterocycles.